The molecule has 0 fully saturated rings. The number of sulfone groups is 1. The number of carbonyl (C=O) groups excluding carboxylic acids is 1. The molecule has 2 aromatic heterocycles. The number of benzene rings is 1. The average molecular weight is 434 g/mol. The van der Waals surface area contributed by atoms with Gasteiger partial charge in [0.15, 0.2) is 0 Å². The Morgan fingerprint density at radius 3 is 2.66 bits per heavy atom. The number of rotatable bonds is 8. The number of nitrogens with one attached hydrogen (secondary N) is 1. The number of thiophene rings is 1. The van der Waals surface area contributed by atoms with Crippen LogP contribution in [0.4, 0.5) is 0 Å². The molecule has 1 aromatic carbocycles. The van der Waals surface area contributed by atoms with Gasteiger partial charge in [-0.1, -0.05) is 29.8 Å². The lowest BCUT2D eigenvalue weighted by atomic mass is 10.1. The summed E-state index contributed by atoms with van der Waals surface area (Å²) in [5, 5.41) is 5.18. The van der Waals surface area contributed by atoms with Gasteiger partial charge < -0.3 is 5.32 Å². The zero-order chi connectivity index (χ0) is 21.0. The summed E-state index contributed by atoms with van der Waals surface area (Å²) in [6, 6.07) is 7.97. The molecule has 2 heterocycles. The molecule has 1 amide bonds. The lowest BCUT2D eigenvalue weighted by Gasteiger charge is -2.07. The van der Waals surface area contributed by atoms with E-state index in [0.29, 0.717) is 23.2 Å². The largest absolute Gasteiger partial charge is 0.356 e. The summed E-state index contributed by atoms with van der Waals surface area (Å²) in [6.07, 6.45) is 3.12. The zero-order valence-corrected chi connectivity index (χ0v) is 18.0. The highest BCUT2D eigenvalue weighted by Gasteiger charge is 2.14. The fraction of sp³-hybridized carbons (Fsp3) is 0.350. The van der Waals surface area contributed by atoms with E-state index in [2.05, 4.69) is 10.3 Å². The van der Waals surface area contributed by atoms with Crippen molar-refractivity contribution in [1.29, 1.82) is 0 Å². The van der Waals surface area contributed by atoms with E-state index >= 15 is 0 Å². The molecule has 0 saturated heterocycles. The Bertz CT molecular complexity index is 1180. The van der Waals surface area contributed by atoms with Crippen molar-refractivity contribution in [2.45, 2.75) is 26.3 Å². The minimum atomic E-state index is -3.03. The smallest absolute Gasteiger partial charge is 0.262 e. The minimum absolute atomic E-state index is 0.0350. The summed E-state index contributed by atoms with van der Waals surface area (Å²) >= 11 is 1.42. The first-order chi connectivity index (χ1) is 13.7. The molecule has 0 aliphatic carbocycles. The summed E-state index contributed by atoms with van der Waals surface area (Å²) in [7, 11) is -3.03. The molecule has 0 unspecified atom stereocenters. The average Bonchev–Trinajstić information content (AvgIpc) is 3.09. The molecule has 1 N–H and O–H groups in total. The lowest BCUT2D eigenvalue weighted by molar-refractivity contribution is -0.121. The van der Waals surface area contributed by atoms with Crippen LogP contribution >= 0.6 is 11.3 Å². The molecule has 0 aliphatic rings. The predicted octanol–water partition coefficient (Wildman–Crippen LogP) is 2.37. The molecule has 9 heteroatoms. The minimum Gasteiger partial charge on any atom is -0.356 e. The van der Waals surface area contributed by atoms with Crippen LogP contribution in [0.5, 0.6) is 0 Å². The van der Waals surface area contributed by atoms with E-state index < -0.39 is 9.84 Å². The molecule has 0 atom stereocenters. The number of carbonyl (C=O) groups is 1. The normalized spacial score (nSPS) is 11.7. The van der Waals surface area contributed by atoms with Crippen LogP contribution in [-0.2, 0) is 21.2 Å². The van der Waals surface area contributed by atoms with Gasteiger partial charge in [0.05, 0.1) is 17.5 Å². The number of aromatic nitrogens is 2. The van der Waals surface area contributed by atoms with E-state index in [1.54, 1.807) is 0 Å². The monoisotopic (exact) mass is 433 g/mol. The SMILES string of the molecule is Cc1ccc(-c2csc3ncn(CCC(=O)NCCCS(C)(=O)=O)c(=O)c23)cc1. The van der Waals surface area contributed by atoms with Crippen LogP contribution in [0.15, 0.2) is 40.8 Å². The first-order valence-corrected chi connectivity index (χ1v) is 12.2. The van der Waals surface area contributed by atoms with E-state index in [9.17, 15) is 18.0 Å². The van der Waals surface area contributed by atoms with Crippen molar-refractivity contribution in [2.24, 2.45) is 0 Å². The van der Waals surface area contributed by atoms with Gasteiger partial charge in [-0.15, -0.1) is 11.3 Å². The number of fused-ring (bicyclic) bond motifs is 1. The van der Waals surface area contributed by atoms with Gasteiger partial charge in [0.25, 0.3) is 5.56 Å². The molecule has 0 saturated carbocycles. The summed E-state index contributed by atoms with van der Waals surface area (Å²) in [4.78, 5) is 30.0. The van der Waals surface area contributed by atoms with Gasteiger partial charge >= 0.3 is 0 Å². The number of amides is 1. The van der Waals surface area contributed by atoms with Gasteiger partial charge in [-0.25, -0.2) is 13.4 Å². The van der Waals surface area contributed by atoms with Crippen molar-refractivity contribution in [3.63, 3.8) is 0 Å². The van der Waals surface area contributed by atoms with Crippen LogP contribution < -0.4 is 10.9 Å². The van der Waals surface area contributed by atoms with Crippen molar-refractivity contribution >= 4 is 37.3 Å². The fourth-order valence-electron chi connectivity index (χ4n) is 2.94. The number of aryl methyl sites for hydroxylation is 2. The van der Waals surface area contributed by atoms with Crippen LogP contribution in [0.25, 0.3) is 21.3 Å². The Kier molecular flexibility index (Phi) is 6.49. The zero-order valence-electron chi connectivity index (χ0n) is 16.3. The standard InChI is InChI=1S/C20H23N3O4S2/c1-14-4-6-15(7-5-14)16-12-28-19-18(16)20(25)23(13-22-19)10-8-17(24)21-9-3-11-29(2,26)27/h4-7,12-13H,3,8-11H2,1-2H3,(H,21,24). The number of nitrogens with zero attached hydrogens (tertiary/aromatic N) is 2. The van der Waals surface area contributed by atoms with Crippen molar-refractivity contribution in [1.82, 2.24) is 14.9 Å². The number of hydrogen-bond acceptors (Lipinski definition) is 6. The fourth-order valence-corrected chi connectivity index (χ4v) is 4.52. The topological polar surface area (TPSA) is 98.1 Å². The Morgan fingerprint density at radius 2 is 1.97 bits per heavy atom. The van der Waals surface area contributed by atoms with E-state index in [-0.39, 0.29) is 30.2 Å². The van der Waals surface area contributed by atoms with Gasteiger partial charge in [0.1, 0.15) is 14.7 Å². The molecule has 29 heavy (non-hydrogen) atoms. The van der Waals surface area contributed by atoms with Crippen LogP contribution in [0, 0.1) is 6.92 Å². The highest BCUT2D eigenvalue weighted by Crippen LogP contribution is 2.30. The van der Waals surface area contributed by atoms with Gasteiger partial charge in [-0.2, -0.15) is 0 Å². The number of hydrogen-bond donors (Lipinski definition) is 1. The van der Waals surface area contributed by atoms with E-state index in [1.807, 2.05) is 36.6 Å². The second-order valence-corrected chi connectivity index (χ2v) is 10.1. The molecule has 0 bridgehead atoms. The van der Waals surface area contributed by atoms with Crippen LogP contribution in [-0.4, -0.2) is 42.4 Å². The quantitative estimate of drug-likeness (QED) is 0.550. The first kappa shape index (κ1) is 21.2. The summed E-state index contributed by atoms with van der Waals surface area (Å²) < 4.78 is 23.6. The van der Waals surface area contributed by atoms with Crippen molar-refractivity contribution < 1.29 is 13.2 Å². The van der Waals surface area contributed by atoms with Gasteiger partial charge in [-0.05, 0) is 18.9 Å². The van der Waals surface area contributed by atoms with Crippen molar-refractivity contribution in [2.75, 3.05) is 18.6 Å². The van der Waals surface area contributed by atoms with Crippen LogP contribution in [0.3, 0.4) is 0 Å². The van der Waals surface area contributed by atoms with Gasteiger partial charge in [0, 0.05) is 36.7 Å². The van der Waals surface area contributed by atoms with E-state index in [4.69, 9.17) is 0 Å². The van der Waals surface area contributed by atoms with Crippen LogP contribution in [0.1, 0.15) is 18.4 Å². The van der Waals surface area contributed by atoms with Crippen molar-refractivity contribution in [3.05, 3.63) is 51.9 Å². The van der Waals surface area contributed by atoms with E-state index in [1.165, 1.54) is 28.5 Å². The van der Waals surface area contributed by atoms with Crippen LogP contribution in [0.2, 0.25) is 0 Å². The molecule has 0 aliphatic heterocycles. The molecule has 7 nitrogen and oxygen atoms in total. The van der Waals surface area contributed by atoms with Gasteiger partial charge in [0.2, 0.25) is 5.91 Å². The second kappa shape index (κ2) is 8.87. The molecule has 154 valence electrons. The molecule has 3 rings (SSSR count). The first-order valence-electron chi connectivity index (χ1n) is 9.23. The third-order valence-electron chi connectivity index (χ3n) is 4.52. The Labute approximate surface area is 173 Å². The van der Waals surface area contributed by atoms with Crippen molar-refractivity contribution in [3.8, 4) is 11.1 Å². The van der Waals surface area contributed by atoms with E-state index in [0.717, 1.165) is 16.7 Å². The maximum absolute atomic E-state index is 13.0. The Morgan fingerprint density at radius 1 is 1.24 bits per heavy atom. The summed E-state index contributed by atoms with van der Waals surface area (Å²) in [5.74, 6) is -0.192. The maximum Gasteiger partial charge on any atom is 0.262 e. The molecular weight excluding hydrogens is 410 g/mol. The molecule has 0 radical (unpaired) electrons. The lowest BCUT2D eigenvalue weighted by Crippen LogP contribution is -2.29. The third-order valence-corrected chi connectivity index (χ3v) is 6.43. The summed E-state index contributed by atoms with van der Waals surface area (Å²) in [6.45, 7) is 2.51. The second-order valence-electron chi connectivity index (χ2n) is 7.02. The Balaban J connectivity index is 1.70. The molecule has 0 spiro atoms. The van der Waals surface area contributed by atoms with Gasteiger partial charge in [-0.3, -0.25) is 14.2 Å². The summed E-state index contributed by atoms with van der Waals surface area (Å²) in [5.41, 5.74) is 2.78. The Hall–Kier alpha value is -2.52. The predicted molar refractivity (Wildman–Crippen MR) is 116 cm³/mol. The third kappa shape index (κ3) is 5.51. The molecule has 3 aromatic rings. The maximum atomic E-state index is 13.0. The highest BCUT2D eigenvalue weighted by atomic mass is 32.2. The highest BCUT2D eigenvalue weighted by molar-refractivity contribution is 7.90. The molecular formula is C20H23N3O4S2.